The Labute approximate surface area is 153 Å². The maximum atomic E-state index is 12.5. The molecule has 1 saturated carbocycles. The Balaban J connectivity index is 2.52. The monoisotopic (exact) mass is 368 g/mol. The lowest BCUT2D eigenvalue weighted by molar-refractivity contribution is -0.135. The predicted molar refractivity (Wildman–Crippen MR) is 103 cm³/mol. The van der Waals surface area contributed by atoms with Crippen LogP contribution in [-0.2, 0) is 9.22 Å². The van der Waals surface area contributed by atoms with Gasteiger partial charge in [-0.3, -0.25) is 4.79 Å². The fraction of sp³-hybridized carbons (Fsp3) is 0.850. The van der Waals surface area contributed by atoms with E-state index in [-0.39, 0.29) is 23.2 Å². The molecule has 25 heavy (non-hydrogen) atoms. The number of aliphatic hydroxyl groups excluding tert-OH is 2. The Bertz CT molecular complexity index is 528. The summed E-state index contributed by atoms with van der Waals surface area (Å²) in [7, 11) is -1.84. The molecule has 0 aromatic rings. The molecule has 0 heterocycles. The highest BCUT2D eigenvalue weighted by atomic mass is 28.4. The van der Waals surface area contributed by atoms with E-state index in [1.807, 2.05) is 6.92 Å². The van der Waals surface area contributed by atoms with Crippen LogP contribution in [0.15, 0.2) is 11.1 Å². The van der Waals surface area contributed by atoms with Gasteiger partial charge in [0, 0.05) is 12.3 Å². The summed E-state index contributed by atoms with van der Waals surface area (Å²) < 4.78 is 6.82. The number of hydrogen-bond donors (Lipinski definition) is 2. The van der Waals surface area contributed by atoms with Gasteiger partial charge < -0.3 is 14.6 Å². The Morgan fingerprint density at radius 2 is 1.72 bits per heavy atom. The third-order valence-corrected chi connectivity index (χ3v) is 11.7. The average molecular weight is 369 g/mol. The molecule has 1 fully saturated rings. The first-order valence-corrected chi connectivity index (χ1v) is 12.4. The fourth-order valence-corrected chi connectivity index (χ4v) is 7.84. The molecule has 0 saturated heterocycles. The van der Waals surface area contributed by atoms with Crippen LogP contribution in [0.1, 0.15) is 60.8 Å². The lowest BCUT2D eigenvalue weighted by atomic mass is 9.59. The third kappa shape index (κ3) is 3.66. The molecule has 144 valence electrons. The summed E-state index contributed by atoms with van der Waals surface area (Å²) in [6.07, 6.45) is -0.289. The van der Waals surface area contributed by atoms with Gasteiger partial charge in [-0.25, -0.2) is 0 Å². The zero-order chi connectivity index (χ0) is 19.0. The van der Waals surface area contributed by atoms with E-state index in [0.717, 1.165) is 29.3 Å². The van der Waals surface area contributed by atoms with E-state index in [4.69, 9.17) is 4.43 Å². The Morgan fingerprint density at radius 3 is 2.24 bits per heavy atom. The summed E-state index contributed by atoms with van der Waals surface area (Å²) in [5.74, 6) is -0.352. The molecule has 0 amide bonds. The van der Waals surface area contributed by atoms with Crippen molar-refractivity contribution >= 4 is 14.1 Å². The van der Waals surface area contributed by atoms with Gasteiger partial charge in [0.2, 0.25) is 0 Å². The van der Waals surface area contributed by atoms with Gasteiger partial charge in [-0.1, -0.05) is 34.6 Å². The van der Waals surface area contributed by atoms with Crippen LogP contribution >= 0.6 is 0 Å². The third-order valence-electron chi connectivity index (χ3n) is 7.03. The average Bonchev–Trinajstić information content (AvgIpc) is 2.58. The van der Waals surface area contributed by atoms with Crippen molar-refractivity contribution in [3.05, 3.63) is 11.1 Å². The number of carbonyl (C=O) groups is 1. The minimum absolute atomic E-state index is 0.103. The van der Waals surface area contributed by atoms with E-state index in [9.17, 15) is 15.0 Å². The van der Waals surface area contributed by atoms with Crippen molar-refractivity contribution in [2.24, 2.45) is 11.3 Å². The summed E-state index contributed by atoms with van der Waals surface area (Å²) >= 11 is 0. The molecular formula is C20H36O4Si. The van der Waals surface area contributed by atoms with Gasteiger partial charge in [0.25, 0.3) is 0 Å². The normalized spacial score (nSPS) is 33.2. The van der Waals surface area contributed by atoms with Crippen LogP contribution < -0.4 is 0 Å². The van der Waals surface area contributed by atoms with Crippen molar-refractivity contribution in [1.29, 1.82) is 0 Å². The second-order valence-electron chi connectivity index (χ2n) is 8.48. The lowest BCUT2D eigenvalue weighted by Crippen LogP contribution is -2.52. The largest absolute Gasteiger partial charge is 0.410 e. The van der Waals surface area contributed by atoms with E-state index in [1.165, 1.54) is 0 Å². The molecule has 4 nitrogen and oxygen atoms in total. The summed E-state index contributed by atoms with van der Waals surface area (Å²) in [4.78, 5) is 12.5. The second kappa shape index (κ2) is 7.63. The van der Waals surface area contributed by atoms with Crippen molar-refractivity contribution in [3.63, 3.8) is 0 Å². The molecule has 0 radical (unpaired) electrons. The highest BCUT2D eigenvalue weighted by molar-refractivity contribution is 6.73. The summed E-state index contributed by atoms with van der Waals surface area (Å²) in [5.41, 5.74) is 1.77. The van der Waals surface area contributed by atoms with Gasteiger partial charge in [-0.2, -0.15) is 0 Å². The van der Waals surface area contributed by atoms with Gasteiger partial charge in [0.1, 0.15) is 6.10 Å². The van der Waals surface area contributed by atoms with E-state index in [1.54, 1.807) is 0 Å². The van der Waals surface area contributed by atoms with Crippen LogP contribution in [0.25, 0.3) is 0 Å². The maximum Gasteiger partial charge on any atom is 0.192 e. The summed E-state index contributed by atoms with van der Waals surface area (Å²) in [6, 6.07) is 3.18. The van der Waals surface area contributed by atoms with Gasteiger partial charge in [0.15, 0.2) is 14.1 Å². The maximum absolute atomic E-state index is 12.5. The van der Waals surface area contributed by atoms with Crippen LogP contribution in [0.5, 0.6) is 0 Å². The van der Waals surface area contributed by atoms with Crippen LogP contribution in [0.2, 0.25) is 18.1 Å². The molecule has 2 bridgehead atoms. The molecule has 2 N–H and O–H groups in total. The van der Waals surface area contributed by atoms with E-state index in [0.29, 0.717) is 19.3 Å². The van der Waals surface area contributed by atoms with Crippen LogP contribution in [0.4, 0.5) is 0 Å². The SMILES string of the molecule is CC[Si](CC)(CC)OC1CCC(=O)C(O)C2C[C@H](O)C(C)=C1C2(C)C. The number of hydrogen-bond acceptors (Lipinski definition) is 4. The number of aliphatic hydroxyl groups is 2. The van der Waals surface area contributed by atoms with Crippen molar-refractivity contribution in [2.75, 3.05) is 0 Å². The molecule has 2 rings (SSSR count). The van der Waals surface area contributed by atoms with Crippen LogP contribution in [-0.4, -0.2) is 42.6 Å². The molecule has 2 aliphatic rings. The zero-order valence-corrected chi connectivity index (χ0v) is 17.8. The highest BCUT2D eigenvalue weighted by Crippen LogP contribution is 2.51. The first kappa shape index (κ1) is 20.8. The van der Waals surface area contributed by atoms with Gasteiger partial charge in [-0.15, -0.1) is 0 Å². The van der Waals surface area contributed by atoms with Crippen LogP contribution in [0.3, 0.4) is 0 Å². The standard InChI is InChI=1S/C20H36O4Si/c1-7-25(8-2,9-3)24-17-11-10-15(21)19(23)14-12-16(22)13(4)18(17)20(14,5)6/h14,16-17,19,22-23H,7-12H2,1-6H3/t14?,16-,17?,19?/m0/s1. The van der Waals surface area contributed by atoms with Crippen molar-refractivity contribution < 1.29 is 19.4 Å². The summed E-state index contributed by atoms with van der Waals surface area (Å²) in [5, 5.41) is 21.2. The second-order valence-corrected chi connectivity index (χ2v) is 13.2. The number of ketones is 1. The molecule has 5 heteroatoms. The molecule has 0 aromatic heterocycles. The molecule has 2 aliphatic carbocycles. The smallest absolute Gasteiger partial charge is 0.192 e. The van der Waals surface area contributed by atoms with Crippen molar-refractivity contribution in [3.8, 4) is 0 Å². The molecule has 4 atom stereocenters. The number of Topliss-reactive ketones (excluding diaryl/α,β-unsaturated/α-hetero) is 1. The van der Waals surface area contributed by atoms with Gasteiger partial charge >= 0.3 is 0 Å². The number of carbonyl (C=O) groups excluding carboxylic acids is 1. The number of rotatable bonds is 5. The Hall–Kier alpha value is -0.493. The molecule has 0 spiro atoms. The van der Waals surface area contributed by atoms with Crippen molar-refractivity contribution in [2.45, 2.75) is 97.2 Å². The fourth-order valence-electron chi connectivity index (χ4n) is 5.00. The van der Waals surface area contributed by atoms with Gasteiger partial charge in [0.05, 0.1) is 12.2 Å². The lowest BCUT2D eigenvalue weighted by Gasteiger charge is -2.50. The van der Waals surface area contributed by atoms with E-state index < -0.39 is 20.5 Å². The minimum Gasteiger partial charge on any atom is -0.410 e. The summed E-state index contributed by atoms with van der Waals surface area (Å²) in [6.45, 7) is 12.8. The Morgan fingerprint density at radius 1 is 1.16 bits per heavy atom. The van der Waals surface area contributed by atoms with E-state index in [2.05, 4.69) is 34.6 Å². The van der Waals surface area contributed by atoms with Crippen LogP contribution in [0, 0.1) is 11.3 Å². The van der Waals surface area contributed by atoms with Gasteiger partial charge in [-0.05, 0) is 54.5 Å². The number of fused-ring (bicyclic) bond motifs is 2. The predicted octanol–water partition coefficient (Wildman–Crippen LogP) is 3.82. The Kier molecular flexibility index (Phi) is 6.35. The first-order chi connectivity index (χ1) is 11.6. The van der Waals surface area contributed by atoms with Crippen molar-refractivity contribution in [1.82, 2.24) is 0 Å². The molecule has 0 aliphatic heterocycles. The molecular weight excluding hydrogens is 332 g/mol. The highest BCUT2D eigenvalue weighted by Gasteiger charge is 2.50. The quantitative estimate of drug-likeness (QED) is 0.572. The zero-order valence-electron chi connectivity index (χ0n) is 16.8. The van der Waals surface area contributed by atoms with E-state index >= 15 is 0 Å². The first-order valence-electron chi connectivity index (χ1n) is 9.91. The topological polar surface area (TPSA) is 66.8 Å². The molecule has 3 unspecified atom stereocenters. The molecule has 0 aromatic carbocycles. The minimum atomic E-state index is -1.84.